The number of carbonyl (C=O) groups is 1. The Morgan fingerprint density at radius 1 is 1.33 bits per heavy atom. The van der Waals surface area contributed by atoms with E-state index in [1.165, 1.54) is 19.1 Å². The summed E-state index contributed by atoms with van der Waals surface area (Å²) in [5.74, 6) is -0.315. The second kappa shape index (κ2) is 4.29. The van der Waals surface area contributed by atoms with E-state index in [2.05, 4.69) is 0 Å². The number of rotatable bonds is 2. The molecule has 0 bridgehead atoms. The van der Waals surface area contributed by atoms with E-state index in [1.54, 1.807) is 0 Å². The van der Waals surface area contributed by atoms with Crippen LogP contribution in [0, 0.1) is 0 Å². The van der Waals surface area contributed by atoms with Gasteiger partial charge in [0.2, 0.25) is 0 Å². The standard InChI is InChI=1S/C11H9F3O/c1-8(15)2-3-9-4-6-10(7-5-9)11(12,13)14/h2-7H,1H3/b3-2+/i3D. The lowest BCUT2D eigenvalue weighted by atomic mass is 10.1. The first-order valence-electron chi connectivity index (χ1n) is 4.67. The molecule has 0 saturated carbocycles. The molecule has 0 heterocycles. The van der Waals surface area contributed by atoms with Gasteiger partial charge in [0.05, 0.1) is 6.93 Å². The molecule has 0 radical (unpaired) electrons. The van der Waals surface area contributed by atoms with E-state index in [0.29, 0.717) is 0 Å². The van der Waals surface area contributed by atoms with Crippen LogP contribution in [-0.2, 0) is 11.0 Å². The van der Waals surface area contributed by atoms with Crippen molar-refractivity contribution in [1.82, 2.24) is 0 Å². The van der Waals surface area contributed by atoms with Crippen molar-refractivity contribution in [2.75, 3.05) is 0 Å². The minimum Gasteiger partial charge on any atom is -0.295 e. The summed E-state index contributed by atoms with van der Waals surface area (Å²) in [5, 5.41) is 0. The van der Waals surface area contributed by atoms with Crippen LogP contribution in [0.1, 0.15) is 19.4 Å². The number of carbonyl (C=O) groups excluding carboxylic acids is 1. The van der Waals surface area contributed by atoms with E-state index < -0.39 is 11.7 Å². The maximum Gasteiger partial charge on any atom is 0.416 e. The van der Waals surface area contributed by atoms with Gasteiger partial charge in [-0.25, -0.2) is 0 Å². The molecule has 0 unspecified atom stereocenters. The minimum absolute atomic E-state index is 0.0961. The third-order valence-corrected chi connectivity index (χ3v) is 1.65. The fourth-order valence-corrected chi connectivity index (χ4v) is 0.940. The number of allylic oxidation sites excluding steroid dienone is 1. The third kappa shape index (κ3) is 3.58. The molecule has 0 aliphatic heterocycles. The summed E-state index contributed by atoms with van der Waals surface area (Å²) in [6, 6.07) is 4.02. The summed E-state index contributed by atoms with van der Waals surface area (Å²) >= 11 is 0. The van der Waals surface area contributed by atoms with E-state index in [1.807, 2.05) is 0 Å². The van der Waals surface area contributed by atoms with E-state index in [4.69, 9.17) is 1.37 Å². The number of hydrogen-bond acceptors (Lipinski definition) is 1. The van der Waals surface area contributed by atoms with Gasteiger partial charge in [-0.3, -0.25) is 4.79 Å². The molecule has 80 valence electrons. The zero-order chi connectivity index (χ0) is 12.3. The Bertz CT molecular complexity index is 418. The first-order chi connectivity index (χ1) is 7.30. The quantitative estimate of drug-likeness (QED) is 0.692. The molecule has 1 aromatic carbocycles. The Morgan fingerprint density at radius 2 is 1.87 bits per heavy atom. The molecule has 1 nitrogen and oxygen atoms in total. The molecular formula is C11H9F3O. The normalized spacial score (nSPS) is 13.6. The van der Waals surface area contributed by atoms with Crippen LogP contribution in [0.4, 0.5) is 13.2 Å². The van der Waals surface area contributed by atoms with Crippen LogP contribution in [-0.4, -0.2) is 5.78 Å². The number of halogens is 3. The first kappa shape index (κ1) is 9.96. The first-order valence-corrected chi connectivity index (χ1v) is 4.17. The molecule has 4 heteroatoms. The lowest BCUT2D eigenvalue weighted by Crippen LogP contribution is -2.03. The van der Waals surface area contributed by atoms with E-state index >= 15 is 0 Å². The fourth-order valence-electron chi connectivity index (χ4n) is 0.940. The molecule has 0 aromatic heterocycles. The molecule has 0 fully saturated rings. The Labute approximate surface area is 86.6 Å². The fraction of sp³-hybridized carbons (Fsp3) is 0.182. The van der Waals surface area contributed by atoms with Gasteiger partial charge in [0.15, 0.2) is 5.78 Å². The SMILES string of the molecule is [2H]/C(=C\C(C)=O)c1ccc(C(F)(F)F)cc1. The highest BCUT2D eigenvalue weighted by atomic mass is 19.4. The summed E-state index contributed by atoms with van der Waals surface area (Å²) in [7, 11) is 0. The Morgan fingerprint density at radius 3 is 2.27 bits per heavy atom. The van der Waals surface area contributed by atoms with Gasteiger partial charge >= 0.3 is 6.18 Å². The highest BCUT2D eigenvalue weighted by Crippen LogP contribution is 2.29. The Hall–Kier alpha value is -1.58. The summed E-state index contributed by atoms with van der Waals surface area (Å²) in [6.07, 6.45) is -3.33. The Balaban J connectivity index is 3.00. The molecule has 0 atom stereocenters. The predicted octanol–water partition coefficient (Wildman–Crippen LogP) is 3.31. The largest absolute Gasteiger partial charge is 0.416 e. The molecule has 0 spiro atoms. The van der Waals surface area contributed by atoms with Crippen LogP contribution in [0.15, 0.2) is 30.3 Å². The van der Waals surface area contributed by atoms with Gasteiger partial charge in [-0.1, -0.05) is 18.2 Å². The highest BCUT2D eigenvalue weighted by molar-refractivity contribution is 5.91. The van der Waals surface area contributed by atoms with Gasteiger partial charge in [-0.15, -0.1) is 0 Å². The lowest BCUT2D eigenvalue weighted by Gasteiger charge is -2.05. The second-order valence-electron chi connectivity index (χ2n) is 2.97. The van der Waals surface area contributed by atoms with Crippen LogP contribution in [0.2, 0.25) is 0 Å². The molecule has 0 saturated heterocycles. The molecule has 0 N–H and O–H groups in total. The summed E-state index contributed by atoms with van der Waals surface area (Å²) in [6.45, 7) is 1.28. The monoisotopic (exact) mass is 215 g/mol. The molecule has 0 aliphatic rings. The molecule has 0 aliphatic carbocycles. The number of ketones is 1. The molecule has 1 rings (SSSR count). The van der Waals surface area contributed by atoms with Crippen molar-refractivity contribution >= 4 is 11.8 Å². The maximum atomic E-state index is 12.2. The summed E-state index contributed by atoms with van der Waals surface area (Å²) < 4.78 is 44.1. The minimum atomic E-state index is -4.38. The van der Waals surface area contributed by atoms with Gasteiger partial charge in [0.25, 0.3) is 0 Å². The van der Waals surface area contributed by atoms with Crippen molar-refractivity contribution in [2.45, 2.75) is 13.1 Å². The van der Waals surface area contributed by atoms with Gasteiger partial charge in [0, 0.05) is 0 Å². The number of benzene rings is 1. The third-order valence-electron chi connectivity index (χ3n) is 1.65. The van der Waals surface area contributed by atoms with E-state index in [0.717, 1.165) is 18.2 Å². The number of alkyl halides is 3. The maximum absolute atomic E-state index is 12.2. The highest BCUT2D eigenvalue weighted by Gasteiger charge is 2.29. The van der Waals surface area contributed by atoms with Crippen LogP contribution in [0.25, 0.3) is 6.05 Å². The van der Waals surface area contributed by atoms with Crippen molar-refractivity contribution in [3.05, 3.63) is 41.5 Å². The molecular weight excluding hydrogens is 205 g/mol. The van der Waals surface area contributed by atoms with Crippen LogP contribution < -0.4 is 0 Å². The topological polar surface area (TPSA) is 17.1 Å². The van der Waals surface area contributed by atoms with Crippen molar-refractivity contribution in [1.29, 1.82) is 0 Å². The predicted molar refractivity (Wildman–Crippen MR) is 51.2 cm³/mol. The van der Waals surface area contributed by atoms with Crippen LogP contribution in [0.5, 0.6) is 0 Å². The van der Waals surface area contributed by atoms with Crippen molar-refractivity contribution in [2.24, 2.45) is 0 Å². The van der Waals surface area contributed by atoms with Gasteiger partial charge in [0.1, 0.15) is 0 Å². The van der Waals surface area contributed by atoms with E-state index in [9.17, 15) is 18.0 Å². The van der Waals surface area contributed by atoms with E-state index in [-0.39, 0.29) is 17.4 Å². The van der Waals surface area contributed by atoms with Crippen LogP contribution in [0.3, 0.4) is 0 Å². The number of hydrogen-bond donors (Lipinski definition) is 0. The van der Waals surface area contributed by atoms with Crippen LogP contribution >= 0.6 is 0 Å². The van der Waals surface area contributed by atoms with Gasteiger partial charge < -0.3 is 0 Å². The molecule has 15 heavy (non-hydrogen) atoms. The van der Waals surface area contributed by atoms with Gasteiger partial charge in [-0.05, 0) is 30.7 Å². The summed E-state index contributed by atoms with van der Waals surface area (Å²) in [4.78, 5) is 10.7. The molecule has 0 amide bonds. The lowest BCUT2D eigenvalue weighted by molar-refractivity contribution is -0.137. The second-order valence-corrected chi connectivity index (χ2v) is 2.97. The smallest absolute Gasteiger partial charge is 0.295 e. The zero-order valence-corrected chi connectivity index (χ0v) is 7.93. The van der Waals surface area contributed by atoms with Gasteiger partial charge in [-0.2, -0.15) is 13.2 Å². The van der Waals surface area contributed by atoms with Crippen molar-refractivity contribution in [3.63, 3.8) is 0 Å². The van der Waals surface area contributed by atoms with Crippen molar-refractivity contribution < 1.29 is 19.3 Å². The Kier molecular flexibility index (Phi) is 2.85. The summed E-state index contributed by atoms with van der Waals surface area (Å²) in [5.41, 5.74) is -0.491. The average Bonchev–Trinajstić information content (AvgIpc) is 2.15. The molecule has 1 aromatic rings. The zero-order valence-electron chi connectivity index (χ0n) is 8.93. The average molecular weight is 215 g/mol. The van der Waals surface area contributed by atoms with Crippen molar-refractivity contribution in [3.8, 4) is 0 Å².